The van der Waals surface area contributed by atoms with Crippen LogP contribution < -0.4 is 5.73 Å². The molecule has 2 rings (SSSR count). The smallest absolute Gasteiger partial charge is 0.222 e. The van der Waals surface area contributed by atoms with Gasteiger partial charge in [0.15, 0.2) is 5.84 Å². The third-order valence-corrected chi connectivity index (χ3v) is 2.88. The molecule has 0 aromatic heterocycles. The highest BCUT2D eigenvalue weighted by Crippen LogP contribution is 2.15. The number of carbonyl (C=O) groups is 1. The average molecular weight is 233 g/mol. The fourth-order valence-corrected chi connectivity index (χ4v) is 1.98. The van der Waals surface area contributed by atoms with Crippen LogP contribution in [0.4, 0.5) is 0 Å². The molecule has 0 aliphatic carbocycles. The van der Waals surface area contributed by atoms with Gasteiger partial charge in [0.2, 0.25) is 5.91 Å². The summed E-state index contributed by atoms with van der Waals surface area (Å²) in [5.41, 5.74) is 7.17. The summed E-state index contributed by atoms with van der Waals surface area (Å²) in [5, 5.41) is 11.6. The third-order valence-electron chi connectivity index (χ3n) is 2.88. The second-order valence-corrected chi connectivity index (χ2v) is 4.10. The highest BCUT2D eigenvalue weighted by molar-refractivity contribution is 5.97. The molecule has 17 heavy (non-hydrogen) atoms. The van der Waals surface area contributed by atoms with Crippen LogP contribution in [0.3, 0.4) is 0 Å². The molecular weight excluding hydrogens is 218 g/mol. The van der Waals surface area contributed by atoms with Gasteiger partial charge in [0, 0.05) is 25.1 Å². The zero-order valence-corrected chi connectivity index (χ0v) is 9.47. The van der Waals surface area contributed by atoms with Crippen LogP contribution in [0.1, 0.15) is 24.0 Å². The number of amidine groups is 1. The molecule has 1 heterocycles. The maximum atomic E-state index is 11.5. The van der Waals surface area contributed by atoms with E-state index in [2.05, 4.69) is 5.16 Å². The van der Waals surface area contributed by atoms with Crippen molar-refractivity contribution in [3.8, 4) is 0 Å². The fraction of sp³-hybridized carbons (Fsp3) is 0.333. The normalized spacial score (nSPS) is 16.6. The molecule has 0 spiro atoms. The zero-order valence-electron chi connectivity index (χ0n) is 9.47. The number of nitrogens with two attached hydrogens (primary N) is 1. The van der Waals surface area contributed by atoms with Crippen LogP contribution in [0.15, 0.2) is 29.4 Å². The van der Waals surface area contributed by atoms with Gasteiger partial charge < -0.3 is 15.8 Å². The van der Waals surface area contributed by atoms with E-state index in [0.717, 1.165) is 18.5 Å². The van der Waals surface area contributed by atoms with E-state index in [-0.39, 0.29) is 11.7 Å². The third kappa shape index (κ3) is 2.55. The molecule has 5 nitrogen and oxygen atoms in total. The standard InChI is InChI=1S/C12H15N3O2/c13-12(14-17)10-4-1-3-9(7-10)8-15-6-2-5-11(15)16/h1,3-4,7,17H,2,5-6,8H2,(H2,13,14). The molecule has 1 aliphatic rings. The molecule has 0 atom stereocenters. The maximum absolute atomic E-state index is 11.5. The Morgan fingerprint density at radius 3 is 3.00 bits per heavy atom. The number of oxime groups is 1. The lowest BCUT2D eigenvalue weighted by Crippen LogP contribution is -2.24. The van der Waals surface area contributed by atoms with Crippen molar-refractivity contribution in [2.75, 3.05) is 6.54 Å². The summed E-state index contributed by atoms with van der Waals surface area (Å²) in [7, 11) is 0. The Morgan fingerprint density at radius 2 is 2.35 bits per heavy atom. The SMILES string of the molecule is NC(=NO)c1cccc(CN2CCCC2=O)c1. The number of amides is 1. The fourth-order valence-electron chi connectivity index (χ4n) is 1.98. The molecular formula is C12H15N3O2. The lowest BCUT2D eigenvalue weighted by atomic mass is 10.1. The molecule has 1 saturated heterocycles. The quantitative estimate of drug-likeness (QED) is 0.352. The first-order valence-corrected chi connectivity index (χ1v) is 5.55. The molecule has 3 N–H and O–H groups in total. The number of nitrogens with zero attached hydrogens (tertiary/aromatic N) is 2. The minimum atomic E-state index is 0.0830. The summed E-state index contributed by atoms with van der Waals surface area (Å²) in [4.78, 5) is 13.3. The summed E-state index contributed by atoms with van der Waals surface area (Å²) in [6.45, 7) is 1.40. The molecule has 0 unspecified atom stereocenters. The van der Waals surface area contributed by atoms with Crippen LogP contribution >= 0.6 is 0 Å². The molecule has 1 amide bonds. The van der Waals surface area contributed by atoms with E-state index >= 15 is 0 Å². The Hall–Kier alpha value is -2.04. The lowest BCUT2D eigenvalue weighted by Gasteiger charge is -2.15. The first kappa shape index (κ1) is 11.4. The molecule has 0 bridgehead atoms. The lowest BCUT2D eigenvalue weighted by molar-refractivity contribution is -0.128. The topological polar surface area (TPSA) is 78.9 Å². The van der Waals surface area contributed by atoms with Crippen molar-refractivity contribution in [1.29, 1.82) is 0 Å². The largest absolute Gasteiger partial charge is 0.409 e. The minimum Gasteiger partial charge on any atom is -0.409 e. The number of hydrogen-bond acceptors (Lipinski definition) is 3. The van der Waals surface area contributed by atoms with E-state index < -0.39 is 0 Å². The molecule has 0 saturated carbocycles. The van der Waals surface area contributed by atoms with Gasteiger partial charge in [-0.1, -0.05) is 23.4 Å². The summed E-state index contributed by atoms with van der Waals surface area (Å²) in [6.07, 6.45) is 1.57. The van der Waals surface area contributed by atoms with Crippen molar-refractivity contribution in [1.82, 2.24) is 4.90 Å². The van der Waals surface area contributed by atoms with E-state index in [1.54, 1.807) is 6.07 Å². The van der Waals surface area contributed by atoms with E-state index in [9.17, 15) is 4.79 Å². The van der Waals surface area contributed by atoms with Crippen molar-refractivity contribution in [2.45, 2.75) is 19.4 Å². The monoisotopic (exact) mass is 233 g/mol. The number of likely N-dealkylation sites (tertiary alicyclic amines) is 1. The summed E-state index contributed by atoms with van der Waals surface area (Å²) < 4.78 is 0. The number of benzene rings is 1. The molecule has 5 heteroatoms. The van der Waals surface area contributed by atoms with Gasteiger partial charge in [-0.2, -0.15) is 0 Å². The van der Waals surface area contributed by atoms with Crippen molar-refractivity contribution in [3.63, 3.8) is 0 Å². The van der Waals surface area contributed by atoms with Crippen LogP contribution in [-0.2, 0) is 11.3 Å². The Labute approximate surface area is 99.5 Å². The predicted molar refractivity (Wildman–Crippen MR) is 63.6 cm³/mol. The highest BCUT2D eigenvalue weighted by Gasteiger charge is 2.19. The van der Waals surface area contributed by atoms with Gasteiger partial charge in [-0.3, -0.25) is 4.79 Å². The molecule has 1 aliphatic heterocycles. The Balaban J connectivity index is 2.14. The van der Waals surface area contributed by atoms with E-state index in [0.29, 0.717) is 18.5 Å². The Bertz CT molecular complexity index is 457. The van der Waals surface area contributed by atoms with Crippen LogP contribution in [0.2, 0.25) is 0 Å². The van der Waals surface area contributed by atoms with Crippen molar-refractivity contribution in [2.24, 2.45) is 10.9 Å². The zero-order chi connectivity index (χ0) is 12.3. The second-order valence-electron chi connectivity index (χ2n) is 4.10. The van der Waals surface area contributed by atoms with Gasteiger partial charge in [-0.25, -0.2) is 0 Å². The first-order chi connectivity index (χ1) is 8.20. The Morgan fingerprint density at radius 1 is 1.53 bits per heavy atom. The van der Waals surface area contributed by atoms with Gasteiger partial charge in [0.25, 0.3) is 0 Å². The van der Waals surface area contributed by atoms with Gasteiger partial charge in [0.05, 0.1) is 0 Å². The summed E-state index contributed by atoms with van der Waals surface area (Å²) >= 11 is 0. The van der Waals surface area contributed by atoms with Crippen molar-refractivity contribution >= 4 is 11.7 Å². The first-order valence-electron chi connectivity index (χ1n) is 5.55. The van der Waals surface area contributed by atoms with Crippen LogP contribution in [0.5, 0.6) is 0 Å². The number of rotatable bonds is 3. The average Bonchev–Trinajstić information content (AvgIpc) is 2.74. The summed E-state index contributed by atoms with van der Waals surface area (Å²) in [5.74, 6) is 0.277. The van der Waals surface area contributed by atoms with Crippen LogP contribution in [0, 0.1) is 0 Å². The molecule has 1 fully saturated rings. The van der Waals surface area contributed by atoms with Crippen LogP contribution in [-0.4, -0.2) is 28.4 Å². The van der Waals surface area contributed by atoms with Gasteiger partial charge in [-0.15, -0.1) is 0 Å². The Kier molecular flexibility index (Phi) is 3.27. The number of carbonyl (C=O) groups excluding carboxylic acids is 1. The van der Waals surface area contributed by atoms with Crippen LogP contribution in [0.25, 0.3) is 0 Å². The predicted octanol–water partition coefficient (Wildman–Crippen LogP) is 0.903. The van der Waals surface area contributed by atoms with Gasteiger partial charge >= 0.3 is 0 Å². The van der Waals surface area contributed by atoms with Crippen molar-refractivity contribution in [3.05, 3.63) is 35.4 Å². The van der Waals surface area contributed by atoms with E-state index in [4.69, 9.17) is 10.9 Å². The highest BCUT2D eigenvalue weighted by atomic mass is 16.4. The van der Waals surface area contributed by atoms with E-state index in [1.807, 2.05) is 23.1 Å². The van der Waals surface area contributed by atoms with E-state index in [1.165, 1.54) is 0 Å². The van der Waals surface area contributed by atoms with Gasteiger partial charge in [0.1, 0.15) is 0 Å². The minimum absolute atomic E-state index is 0.0830. The van der Waals surface area contributed by atoms with Crippen molar-refractivity contribution < 1.29 is 10.0 Å². The van der Waals surface area contributed by atoms with Gasteiger partial charge in [-0.05, 0) is 18.1 Å². The molecule has 1 aromatic carbocycles. The molecule has 0 radical (unpaired) electrons. The number of hydrogen-bond donors (Lipinski definition) is 2. The second kappa shape index (κ2) is 4.86. The maximum Gasteiger partial charge on any atom is 0.222 e. The molecule has 90 valence electrons. The summed E-state index contributed by atoms with van der Waals surface area (Å²) in [6, 6.07) is 7.37. The molecule has 1 aromatic rings.